The molecule has 1 saturated carbocycles. The van der Waals surface area contributed by atoms with Gasteiger partial charge in [0.1, 0.15) is 11.8 Å². The lowest BCUT2D eigenvalue weighted by molar-refractivity contribution is -0.147. The summed E-state index contributed by atoms with van der Waals surface area (Å²) in [6.45, 7) is 3.05. The van der Waals surface area contributed by atoms with Gasteiger partial charge in [0, 0.05) is 30.1 Å². The van der Waals surface area contributed by atoms with Gasteiger partial charge in [-0.2, -0.15) is 0 Å². The second-order valence-electron chi connectivity index (χ2n) is 12.7. The third-order valence-electron chi connectivity index (χ3n) is 10.3. The van der Waals surface area contributed by atoms with Crippen molar-refractivity contribution in [2.24, 2.45) is 11.8 Å². The van der Waals surface area contributed by atoms with Crippen LogP contribution in [0.3, 0.4) is 0 Å². The number of ether oxygens (including phenoxy) is 1. The van der Waals surface area contributed by atoms with E-state index < -0.39 is 28.7 Å². The molecule has 4 heterocycles. The maximum Gasteiger partial charge on any atom is 0.247 e. The van der Waals surface area contributed by atoms with E-state index in [0.717, 1.165) is 42.7 Å². The number of benzene rings is 2. The van der Waals surface area contributed by atoms with Gasteiger partial charge < -0.3 is 24.5 Å². The first-order chi connectivity index (χ1) is 22.0. The van der Waals surface area contributed by atoms with Crippen molar-refractivity contribution in [3.05, 3.63) is 84.5 Å². The Hall–Kier alpha value is -3.56. The predicted molar refractivity (Wildman–Crippen MR) is 175 cm³/mol. The summed E-state index contributed by atoms with van der Waals surface area (Å²) in [5, 5.41) is 10.6. The number of hydrogen-bond donors (Lipinski definition) is 1. The minimum Gasteiger partial charge on any atom is -0.494 e. The summed E-state index contributed by atoms with van der Waals surface area (Å²) >= 11 is 1.58. The number of aliphatic hydroxyl groups is 1. The first-order valence-electron chi connectivity index (χ1n) is 16.3. The molecule has 6 atom stereocenters. The zero-order valence-electron chi connectivity index (χ0n) is 25.7. The van der Waals surface area contributed by atoms with Crippen LogP contribution in [-0.4, -0.2) is 81.0 Å². The molecule has 0 radical (unpaired) electrons. The highest BCUT2D eigenvalue weighted by molar-refractivity contribution is 8.02. The quantitative estimate of drug-likeness (QED) is 0.446. The second-order valence-corrected chi connectivity index (χ2v) is 14.2. The van der Waals surface area contributed by atoms with Gasteiger partial charge in [0.25, 0.3) is 0 Å². The van der Waals surface area contributed by atoms with Crippen LogP contribution in [0.1, 0.15) is 50.6 Å². The maximum atomic E-state index is 14.9. The average Bonchev–Trinajstić information content (AvgIpc) is 3.38. The number of nitrogens with zero attached hydrogens (tertiary/aromatic N) is 3. The van der Waals surface area contributed by atoms with Crippen molar-refractivity contribution in [3.63, 3.8) is 0 Å². The van der Waals surface area contributed by atoms with E-state index in [9.17, 15) is 19.5 Å². The fourth-order valence-corrected chi connectivity index (χ4v) is 10.3. The van der Waals surface area contributed by atoms with E-state index in [0.29, 0.717) is 19.7 Å². The molecule has 1 aliphatic carbocycles. The van der Waals surface area contributed by atoms with Gasteiger partial charge in [-0.3, -0.25) is 14.4 Å². The predicted octanol–water partition coefficient (Wildman–Crippen LogP) is 4.75. The standard InChI is InChI=1S/C36H41N3O5S/c1-2-44-27-18-16-26(17-19-27)37-21-9-15-29-30(33(37)41)31-34(42)39(28(23-40)24-11-5-3-6-12-24)32-35(43)38(25-13-7-4-8-14-25)22-10-20-36(31,32)45-29/h3,5-6,9-12,15-20,25,28-32,40H,2,4,7-8,13-14,21-23H2,1H3/t28-,29+,30-,31+,32?,36+/m1/s1. The third-order valence-corrected chi connectivity index (χ3v) is 12.0. The number of hydrogen-bond acceptors (Lipinski definition) is 6. The molecule has 2 saturated heterocycles. The van der Waals surface area contributed by atoms with Crippen molar-refractivity contribution >= 4 is 35.2 Å². The summed E-state index contributed by atoms with van der Waals surface area (Å²) in [5.74, 6) is -1.09. The zero-order valence-corrected chi connectivity index (χ0v) is 26.5. The second kappa shape index (κ2) is 12.3. The van der Waals surface area contributed by atoms with E-state index in [1.807, 2.05) is 72.5 Å². The Kier molecular flexibility index (Phi) is 8.25. The maximum absolute atomic E-state index is 14.9. The summed E-state index contributed by atoms with van der Waals surface area (Å²) in [5.41, 5.74) is 1.52. The van der Waals surface area contributed by atoms with E-state index in [1.165, 1.54) is 6.42 Å². The Bertz CT molecular complexity index is 1490. The van der Waals surface area contributed by atoms with E-state index in [1.54, 1.807) is 21.6 Å². The summed E-state index contributed by atoms with van der Waals surface area (Å²) in [4.78, 5) is 49.8. The first kappa shape index (κ1) is 30.1. The number of amides is 3. The molecular weight excluding hydrogens is 586 g/mol. The van der Waals surface area contributed by atoms with Gasteiger partial charge in [-0.1, -0.05) is 73.9 Å². The highest BCUT2D eigenvalue weighted by Crippen LogP contribution is 2.62. The van der Waals surface area contributed by atoms with Crippen molar-refractivity contribution in [3.8, 4) is 5.75 Å². The number of anilines is 1. The molecule has 5 aliphatic rings. The highest BCUT2D eigenvalue weighted by atomic mass is 32.2. The highest BCUT2D eigenvalue weighted by Gasteiger charge is 2.72. The Balaban J connectivity index is 1.31. The fourth-order valence-electron chi connectivity index (χ4n) is 8.30. The van der Waals surface area contributed by atoms with Crippen molar-refractivity contribution < 1.29 is 24.2 Å². The van der Waals surface area contributed by atoms with Crippen LogP contribution in [0.5, 0.6) is 5.75 Å². The van der Waals surface area contributed by atoms with Gasteiger partial charge in [-0.05, 0) is 49.6 Å². The van der Waals surface area contributed by atoms with Gasteiger partial charge in [-0.25, -0.2) is 0 Å². The van der Waals surface area contributed by atoms with Crippen molar-refractivity contribution in [1.82, 2.24) is 9.80 Å². The summed E-state index contributed by atoms with van der Waals surface area (Å²) in [6, 6.07) is 15.6. The normalized spacial score (nSPS) is 30.5. The SMILES string of the molecule is CCOc1ccc(N2CC=C[C@@H]3S[C@]45C=CCN(C6CCCCC6)C(=O)C4N([C@H](CO)c4ccccc4)C(=O)[C@@H]5[C@@H]3C2=O)cc1. The van der Waals surface area contributed by atoms with Gasteiger partial charge in [0.2, 0.25) is 17.7 Å². The molecular formula is C36H41N3O5S. The third kappa shape index (κ3) is 4.99. The molecule has 0 aromatic heterocycles. The number of carbonyl (C=O) groups excluding carboxylic acids is 3. The van der Waals surface area contributed by atoms with Gasteiger partial charge in [-0.15, -0.1) is 11.8 Å². The smallest absolute Gasteiger partial charge is 0.247 e. The van der Waals surface area contributed by atoms with Crippen molar-refractivity contribution in [2.45, 2.75) is 67.2 Å². The number of thioether (sulfide) groups is 1. The largest absolute Gasteiger partial charge is 0.494 e. The molecule has 1 unspecified atom stereocenters. The van der Waals surface area contributed by atoms with Gasteiger partial charge >= 0.3 is 0 Å². The van der Waals surface area contributed by atoms with Crippen molar-refractivity contribution in [1.29, 1.82) is 0 Å². The van der Waals surface area contributed by atoms with Crippen LogP contribution in [0.4, 0.5) is 5.69 Å². The van der Waals surface area contributed by atoms with E-state index in [-0.39, 0.29) is 35.6 Å². The summed E-state index contributed by atoms with van der Waals surface area (Å²) < 4.78 is 4.69. The molecule has 7 rings (SSSR count). The van der Waals surface area contributed by atoms with E-state index >= 15 is 0 Å². The zero-order chi connectivity index (χ0) is 31.1. The van der Waals surface area contributed by atoms with Gasteiger partial charge in [0.15, 0.2) is 0 Å². The van der Waals surface area contributed by atoms with Crippen LogP contribution in [0.2, 0.25) is 0 Å². The molecule has 45 heavy (non-hydrogen) atoms. The van der Waals surface area contributed by atoms with Crippen LogP contribution in [0.25, 0.3) is 0 Å². The molecule has 4 aliphatic heterocycles. The molecule has 9 heteroatoms. The Morgan fingerprint density at radius 1 is 0.933 bits per heavy atom. The molecule has 3 fully saturated rings. The lowest BCUT2D eigenvalue weighted by Gasteiger charge is -2.41. The minimum atomic E-state index is -0.934. The topological polar surface area (TPSA) is 90.4 Å². The Labute approximate surface area is 269 Å². The molecule has 2 aromatic carbocycles. The molecule has 8 nitrogen and oxygen atoms in total. The molecule has 3 amide bonds. The molecule has 0 bridgehead atoms. The van der Waals surface area contributed by atoms with Crippen LogP contribution in [0, 0.1) is 11.8 Å². The van der Waals surface area contributed by atoms with Crippen LogP contribution >= 0.6 is 11.8 Å². The fraction of sp³-hybridized carbons (Fsp3) is 0.472. The number of fused-ring (bicyclic) bond motifs is 2. The number of aliphatic hydroxyl groups excluding tert-OH is 1. The summed E-state index contributed by atoms with van der Waals surface area (Å²) in [6.07, 6.45) is 13.5. The number of likely N-dealkylation sites (tertiary alicyclic amines) is 1. The van der Waals surface area contributed by atoms with Gasteiger partial charge in [0.05, 0.1) is 35.8 Å². The number of rotatable bonds is 7. The van der Waals surface area contributed by atoms with E-state index in [2.05, 4.69) is 18.2 Å². The molecule has 2 aromatic rings. The molecule has 1 spiro atoms. The monoisotopic (exact) mass is 627 g/mol. The van der Waals surface area contributed by atoms with Crippen LogP contribution < -0.4 is 9.64 Å². The van der Waals surface area contributed by atoms with Crippen LogP contribution in [0.15, 0.2) is 78.9 Å². The average molecular weight is 628 g/mol. The lowest BCUT2D eigenvalue weighted by atomic mass is 9.78. The van der Waals surface area contributed by atoms with E-state index in [4.69, 9.17) is 4.74 Å². The molecule has 1 N–H and O–H groups in total. The molecule has 236 valence electrons. The first-order valence-corrected chi connectivity index (χ1v) is 17.2. The minimum absolute atomic E-state index is 0.0686. The van der Waals surface area contributed by atoms with Crippen molar-refractivity contribution in [2.75, 3.05) is 31.2 Å². The number of carbonyl (C=O) groups is 3. The lowest BCUT2D eigenvalue weighted by Crippen LogP contribution is -2.56. The van der Waals surface area contributed by atoms with Crippen LogP contribution in [-0.2, 0) is 14.4 Å². The Morgan fingerprint density at radius 2 is 1.69 bits per heavy atom. The summed E-state index contributed by atoms with van der Waals surface area (Å²) in [7, 11) is 0. The Morgan fingerprint density at radius 3 is 2.40 bits per heavy atom.